The molecule has 0 saturated carbocycles. The molecule has 98 valence electrons. The van der Waals surface area contributed by atoms with Gasteiger partial charge in [-0.2, -0.15) is 0 Å². The summed E-state index contributed by atoms with van der Waals surface area (Å²) in [5.74, 6) is 0.304. The van der Waals surface area contributed by atoms with Crippen molar-refractivity contribution < 1.29 is 4.79 Å². The van der Waals surface area contributed by atoms with Crippen LogP contribution in [0.25, 0.3) is 0 Å². The van der Waals surface area contributed by atoms with E-state index < -0.39 is 0 Å². The third kappa shape index (κ3) is 3.10. The molecule has 2 unspecified atom stereocenters. The second-order valence-electron chi connectivity index (χ2n) is 5.38. The fraction of sp³-hybridized carbons (Fsp3) is 0.533. The van der Waals surface area contributed by atoms with E-state index >= 15 is 0 Å². The summed E-state index contributed by atoms with van der Waals surface area (Å²) in [6.45, 7) is 7.14. The third-order valence-electron chi connectivity index (χ3n) is 3.65. The Morgan fingerprint density at radius 2 is 2.17 bits per heavy atom. The van der Waals surface area contributed by atoms with Crippen LogP contribution in [0, 0.1) is 19.8 Å². The first-order valence-electron chi connectivity index (χ1n) is 6.68. The monoisotopic (exact) mass is 246 g/mol. The molecule has 1 fully saturated rings. The normalized spacial score (nSPS) is 23.7. The molecule has 0 bridgehead atoms. The van der Waals surface area contributed by atoms with Crippen molar-refractivity contribution >= 4 is 11.6 Å². The summed E-state index contributed by atoms with van der Waals surface area (Å²) >= 11 is 0. The molecule has 2 atom stereocenters. The van der Waals surface area contributed by atoms with Crippen LogP contribution in [0.15, 0.2) is 18.2 Å². The molecule has 1 aromatic carbocycles. The highest BCUT2D eigenvalue weighted by Gasteiger charge is 2.24. The molecular formula is C15H22N2O. The van der Waals surface area contributed by atoms with Gasteiger partial charge >= 0.3 is 0 Å². The summed E-state index contributed by atoms with van der Waals surface area (Å²) in [4.78, 5) is 12.2. The summed E-state index contributed by atoms with van der Waals surface area (Å²) < 4.78 is 0. The number of rotatable bonds is 2. The number of hydrogen-bond donors (Lipinski definition) is 2. The average molecular weight is 246 g/mol. The lowest BCUT2D eigenvalue weighted by molar-refractivity contribution is -0.120. The topological polar surface area (TPSA) is 41.1 Å². The van der Waals surface area contributed by atoms with Crippen LogP contribution < -0.4 is 10.6 Å². The van der Waals surface area contributed by atoms with E-state index in [-0.39, 0.29) is 11.8 Å². The Labute approximate surface area is 109 Å². The average Bonchev–Trinajstić information content (AvgIpc) is 2.34. The number of piperidine rings is 1. The van der Waals surface area contributed by atoms with E-state index in [4.69, 9.17) is 0 Å². The molecule has 1 aliphatic rings. The predicted octanol–water partition coefficient (Wildman–Crippen LogP) is 2.63. The minimum absolute atomic E-state index is 0.140. The van der Waals surface area contributed by atoms with Gasteiger partial charge in [-0.15, -0.1) is 0 Å². The molecule has 1 heterocycles. The Hall–Kier alpha value is -1.35. The molecule has 1 aliphatic heterocycles. The molecule has 1 amide bonds. The molecular weight excluding hydrogens is 224 g/mol. The Morgan fingerprint density at radius 1 is 1.39 bits per heavy atom. The fourth-order valence-corrected chi connectivity index (χ4v) is 2.48. The van der Waals surface area contributed by atoms with Gasteiger partial charge in [0.25, 0.3) is 0 Å². The first-order chi connectivity index (χ1) is 8.56. The highest BCUT2D eigenvalue weighted by molar-refractivity contribution is 5.93. The molecule has 18 heavy (non-hydrogen) atoms. The van der Waals surface area contributed by atoms with Crippen LogP contribution in [-0.2, 0) is 4.79 Å². The van der Waals surface area contributed by atoms with Gasteiger partial charge in [-0.1, -0.05) is 12.1 Å². The van der Waals surface area contributed by atoms with Crippen LogP contribution in [0.3, 0.4) is 0 Å². The van der Waals surface area contributed by atoms with Gasteiger partial charge in [-0.05, 0) is 57.4 Å². The van der Waals surface area contributed by atoms with Gasteiger partial charge in [-0.25, -0.2) is 0 Å². The lowest BCUT2D eigenvalue weighted by atomic mass is 9.92. The minimum Gasteiger partial charge on any atom is -0.326 e. The van der Waals surface area contributed by atoms with E-state index in [0.29, 0.717) is 6.04 Å². The zero-order valence-electron chi connectivity index (χ0n) is 11.4. The van der Waals surface area contributed by atoms with Crippen molar-refractivity contribution in [2.75, 3.05) is 11.9 Å². The quantitative estimate of drug-likeness (QED) is 0.842. The van der Waals surface area contributed by atoms with Crippen molar-refractivity contribution in [2.45, 2.75) is 39.7 Å². The molecule has 0 spiro atoms. The van der Waals surface area contributed by atoms with Crippen molar-refractivity contribution in [1.82, 2.24) is 5.32 Å². The predicted molar refractivity (Wildman–Crippen MR) is 74.7 cm³/mol. The summed E-state index contributed by atoms with van der Waals surface area (Å²) in [6, 6.07) is 6.60. The lowest BCUT2D eigenvalue weighted by Gasteiger charge is -2.27. The zero-order chi connectivity index (χ0) is 13.1. The van der Waals surface area contributed by atoms with E-state index in [1.165, 1.54) is 5.56 Å². The van der Waals surface area contributed by atoms with Crippen LogP contribution >= 0.6 is 0 Å². The maximum Gasteiger partial charge on any atom is 0.227 e. The number of carbonyl (C=O) groups is 1. The number of carbonyl (C=O) groups excluding carboxylic acids is 1. The van der Waals surface area contributed by atoms with Gasteiger partial charge in [0, 0.05) is 17.6 Å². The smallest absolute Gasteiger partial charge is 0.227 e. The van der Waals surface area contributed by atoms with Gasteiger partial charge in [0.1, 0.15) is 0 Å². The molecule has 3 heteroatoms. The largest absolute Gasteiger partial charge is 0.326 e. The van der Waals surface area contributed by atoms with Crippen molar-refractivity contribution in [3.63, 3.8) is 0 Å². The summed E-state index contributed by atoms with van der Waals surface area (Å²) in [7, 11) is 0. The molecule has 3 nitrogen and oxygen atoms in total. The van der Waals surface area contributed by atoms with Gasteiger partial charge in [0.2, 0.25) is 5.91 Å². The number of nitrogens with one attached hydrogen (secondary N) is 2. The third-order valence-corrected chi connectivity index (χ3v) is 3.65. The standard InChI is InChI=1S/C15H22N2O/c1-10-4-5-11(2)14(8-10)17-15(18)13-6-7-16-12(3)9-13/h4-5,8,12-13,16H,6-7,9H2,1-3H3,(H,17,18). The van der Waals surface area contributed by atoms with Crippen LogP contribution in [0.2, 0.25) is 0 Å². The van der Waals surface area contributed by atoms with Gasteiger partial charge in [0.05, 0.1) is 0 Å². The molecule has 0 aliphatic carbocycles. The van der Waals surface area contributed by atoms with E-state index in [0.717, 1.165) is 30.6 Å². The van der Waals surface area contributed by atoms with Crippen LogP contribution in [-0.4, -0.2) is 18.5 Å². The number of anilines is 1. The van der Waals surface area contributed by atoms with Crippen molar-refractivity contribution in [1.29, 1.82) is 0 Å². The second-order valence-corrected chi connectivity index (χ2v) is 5.38. The van der Waals surface area contributed by atoms with Crippen LogP contribution in [0.4, 0.5) is 5.69 Å². The van der Waals surface area contributed by atoms with Gasteiger partial charge < -0.3 is 10.6 Å². The SMILES string of the molecule is Cc1ccc(C)c(NC(=O)C2CCNC(C)C2)c1. The van der Waals surface area contributed by atoms with Crippen molar-refractivity contribution in [2.24, 2.45) is 5.92 Å². The van der Waals surface area contributed by atoms with Crippen molar-refractivity contribution in [3.05, 3.63) is 29.3 Å². The summed E-state index contributed by atoms with van der Waals surface area (Å²) in [6.07, 6.45) is 1.86. The maximum atomic E-state index is 12.2. The van der Waals surface area contributed by atoms with E-state index in [2.05, 4.69) is 29.7 Å². The fourth-order valence-electron chi connectivity index (χ4n) is 2.48. The highest BCUT2D eigenvalue weighted by atomic mass is 16.1. The first-order valence-corrected chi connectivity index (χ1v) is 6.68. The van der Waals surface area contributed by atoms with Crippen LogP contribution in [0.5, 0.6) is 0 Å². The summed E-state index contributed by atoms with van der Waals surface area (Å²) in [5.41, 5.74) is 3.25. The Kier molecular flexibility index (Phi) is 4.02. The Bertz CT molecular complexity index is 442. The molecule has 2 rings (SSSR count). The first kappa shape index (κ1) is 13.1. The zero-order valence-corrected chi connectivity index (χ0v) is 11.4. The number of benzene rings is 1. The molecule has 1 aromatic rings. The van der Waals surface area contributed by atoms with E-state index in [9.17, 15) is 4.79 Å². The minimum atomic E-state index is 0.140. The van der Waals surface area contributed by atoms with Crippen LogP contribution in [0.1, 0.15) is 30.9 Å². The van der Waals surface area contributed by atoms with Crippen molar-refractivity contribution in [3.8, 4) is 0 Å². The Morgan fingerprint density at radius 3 is 2.89 bits per heavy atom. The number of amides is 1. The lowest BCUT2D eigenvalue weighted by Crippen LogP contribution is -2.40. The number of hydrogen-bond acceptors (Lipinski definition) is 2. The molecule has 0 aromatic heterocycles. The van der Waals surface area contributed by atoms with Gasteiger partial charge in [0.15, 0.2) is 0 Å². The molecule has 1 saturated heterocycles. The number of aryl methyl sites for hydroxylation is 2. The second kappa shape index (κ2) is 5.53. The Balaban J connectivity index is 2.04. The summed E-state index contributed by atoms with van der Waals surface area (Å²) in [5, 5.41) is 6.45. The molecule has 2 N–H and O–H groups in total. The molecule has 0 radical (unpaired) electrons. The highest BCUT2D eigenvalue weighted by Crippen LogP contribution is 2.21. The van der Waals surface area contributed by atoms with E-state index in [1.54, 1.807) is 0 Å². The maximum absolute atomic E-state index is 12.2. The van der Waals surface area contributed by atoms with Gasteiger partial charge in [-0.3, -0.25) is 4.79 Å². The van der Waals surface area contributed by atoms with E-state index in [1.807, 2.05) is 19.9 Å².